The molecule has 1 heterocycles. The molecule has 2 aromatic rings. The summed E-state index contributed by atoms with van der Waals surface area (Å²) in [5, 5.41) is 9.28. The standard InChI is InChI=1S/C14H16N4O2S/c1-10-16-12(9-21-10)7-13(15)18-20-8-14(19)17-11-5-3-2-4-6-11/h2-6,9H,7-8H2,1H3,(H2,15,18)(H,17,19). The fourth-order valence-electron chi connectivity index (χ4n) is 1.60. The summed E-state index contributed by atoms with van der Waals surface area (Å²) in [6.07, 6.45) is 0.407. The van der Waals surface area contributed by atoms with Crippen LogP contribution in [0.5, 0.6) is 0 Å². The quantitative estimate of drug-likeness (QED) is 0.485. The van der Waals surface area contributed by atoms with Crippen LogP contribution in [0.3, 0.4) is 0 Å². The number of aromatic nitrogens is 1. The zero-order valence-electron chi connectivity index (χ0n) is 11.6. The van der Waals surface area contributed by atoms with Crippen molar-refractivity contribution in [2.24, 2.45) is 10.9 Å². The predicted octanol–water partition coefficient (Wildman–Crippen LogP) is 1.92. The highest BCUT2D eigenvalue weighted by atomic mass is 32.1. The minimum absolute atomic E-state index is 0.189. The van der Waals surface area contributed by atoms with Crippen molar-refractivity contribution < 1.29 is 9.63 Å². The van der Waals surface area contributed by atoms with Gasteiger partial charge in [0.2, 0.25) is 0 Å². The number of rotatable bonds is 6. The van der Waals surface area contributed by atoms with E-state index in [1.165, 1.54) is 0 Å². The summed E-state index contributed by atoms with van der Waals surface area (Å²) in [6, 6.07) is 9.13. The molecule has 1 aromatic carbocycles. The Balaban J connectivity index is 1.75. The molecule has 21 heavy (non-hydrogen) atoms. The van der Waals surface area contributed by atoms with E-state index in [0.29, 0.717) is 12.1 Å². The molecule has 0 bridgehead atoms. The van der Waals surface area contributed by atoms with Crippen LogP contribution in [-0.4, -0.2) is 23.3 Å². The first-order valence-corrected chi connectivity index (χ1v) is 7.21. The van der Waals surface area contributed by atoms with Crippen molar-refractivity contribution in [1.82, 2.24) is 4.98 Å². The summed E-state index contributed by atoms with van der Waals surface area (Å²) in [7, 11) is 0. The largest absolute Gasteiger partial charge is 0.384 e. The maximum absolute atomic E-state index is 11.6. The molecule has 0 saturated carbocycles. The van der Waals surface area contributed by atoms with Gasteiger partial charge < -0.3 is 15.9 Å². The Labute approximate surface area is 126 Å². The number of amidine groups is 1. The first kappa shape index (κ1) is 15.0. The van der Waals surface area contributed by atoms with E-state index >= 15 is 0 Å². The summed E-state index contributed by atoms with van der Waals surface area (Å²) in [5.74, 6) is -0.00457. The number of para-hydroxylation sites is 1. The molecule has 0 fully saturated rings. The smallest absolute Gasteiger partial charge is 0.265 e. The molecule has 0 saturated heterocycles. The van der Waals surface area contributed by atoms with Gasteiger partial charge in [-0.25, -0.2) is 4.98 Å². The van der Waals surface area contributed by atoms with Gasteiger partial charge in [-0.1, -0.05) is 23.4 Å². The van der Waals surface area contributed by atoms with Crippen molar-refractivity contribution in [3.63, 3.8) is 0 Å². The van der Waals surface area contributed by atoms with Gasteiger partial charge >= 0.3 is 0 Å². The molecule has 0 spiro atoms. The zero-order valence-corrected chi connectivity index (χ0v) is 12.4. The van der Waals surface area contributed by atoms with Gasteiger partial charge in [-0.3, -0.25) is 4.79 Å². The number of carbonyl (C=O) groups is 1. The van der Waals surface area contributed by atoms with Crippen molar-refractivity contribution in [2.75, 3.05) is 11.9 Å². The summed E-state index contributed by atoms with van der Waals surface area (Å²) >= 11 is 1.55. The first-order valence-electron chi connectivity index (χ1n) is 6.33. The molecule has 0 aliphatic heterocycles. The summed E-state index contributed by atoms with van der Waals surface area (Å²) in [5.41, 5.74) is 7.26. The van der Waals surface area contributed by atoms with E-state index in [0.717, 1.165) is 10.7 Å². The number of nitrogens with one attached hydrogen (secondary N) is 1. The van der Waals surface area contributed by atoms with Gasteiger partial charge in [0.05, 0.1) is 17.1 Å². The Morgan fingerprint density at radius 1 is 1.43 bits per heavy atom. The van der Waals surface area contributed by atoms with Crippen molar-refractivity contribution in [1.29, 1.82) is 0 Å². The second kappa shape index (κ2) is 7.39. The Morgan fingerprint density at radius 3 is 2.86 bits per heavy atom. The highest BCUT2D eigenvalue weighted by Gasteiger charge is 2.04. The Morgan fingerprint density at radius 2 is 2.19 bits per heavy atom. The maximum Gasteiger partial charge on any atom is 0.265 e. The predicted molar refractivity (Wildman–Crippen MR) is 83.2 cm³/mol. The average Bonchev–Trinajstić information content (AvgIpc) is 2.85. The van der Waals surface area contributed by atoms with E-state index < -0.39 is 0 Å². The third-order valence-corrected chi connectivity index (χ3v) is 3.29. The lowest BCUT2D eigenvalue weighted by atomic mass is 10.3. The van der Waals surface area contributed by atoms with E-state index in [1.807, 2.05) is 30.5 Å². The number of nitrogens with two attached hydrogens (primary N) is 1. The van der Waals surface area contributed by atoms with Crippen molar-refractivity contribution in [3.8, 4) is 0 Å². The van der Waals surface area contributed by atoms with Gasteiger partial charge in [0.1, 0.15) is 5.84 Å². The molecule has 110 valence electrons. The lowest BCUT2D eigenvalue weighted by molar-refractivity contribution is -0.120. The van der Waals surface area contributed by atoms with Crippen LogP contribution >= 0.6 is 11.3 Å². The highest BCUT2D eigenvalue weighted by Crippen LogP contribution is 2.08. The van der Waals surface area contributed by atoms with Gasteiger partial charge in [-0.2, -0.15) is 0 Å². The normalized spacial score (nSPS) is 11.2. The lowest BCUT2D eigenvalue weighted by Crippen LogP contribution is -2.20. The first-order chi connectivity index (χ1) is 10.1. The third kappa shape index (κ3) is 5.23. The molecule has 1 aromatic heterocycles. The number of carbonyl (C=O) groups excluding carboxylic acids is 1. The van der Waals surface area contributed by atoms with Gasteiger partial charge in [-0.05, 0) is 19.1 Å². The number of hydrogen-bond donors (Lipinski definition) is 2. The number of benzene rings is 1. The Bertz CT molecular complexity index is 625. The van der Waals surface area contributed by atoms with E-state index in [-0.39, 0.29) is 18.3 Å². The van der Waals surface area contributed by atoms with Crippen LogP contribution in [0.1, 0.15) is 10.7 Å². The molecule has 6 nitrogen and oxygen atoms in total. The van der Waals surface area contributed by atoms with E-state index in [4.69, 9.17) is 10.6 Å². The fraction of sp³-hybridized carbons (Fsp3) is 0.214. The SMILES string of the molecule is Cc1nc(CC(N)=NOCC(=O)Nc2ccccc2)cs1. The topological polar surface area (TPSA) is 89.6 Å². The molecule has 0 unspecified atom stereocenters. The molecule has 0 atom stereocenters. The van der Waals surface area contributed by atoms with Crippen LogP contribution in [-0.2, 0) is 16.1 Å². The van der Waals surface area contributed by atoms with Gasteiger partial charge in [-0.15, -0.1) is 11.3 Å². The minimum Gasteiger partial charge on any atom is -0.384 e. The number of hydrogen-bond acceptors (Lipinski definition) is 5. The number of nitrogens with zero attached hydrogens (tertiary/aromatic N) is 2. The average molecular weight is 304 g/mol. The number of amides is 1. The van der Waals surface area contributed by atoms with Gasteiger partial charge in [0.25, 0.3) is 5.91 Å². The third-order valence-electron chi connectivity index (χ3n) is 2.46. The molecular formula is C14H16N4O2S. The Hall–Kier alpha value is -2.41. The Kier molecular flexibility index (Phi) is 5.28. The molecule has 0 aliphatic carbocycles. The second-order valence-electron chi connectivity index (χ2n) is 4.30. The molecular weight excluding hydrogens is 288 g/mol. The van der Waals surface area contributed by atoms with E-state index in [2.05, 4.69) is 15.5 Å². The number of thiazole rings is 1. The molecule has 0 radical (unpaired) electrons. The molecule has 1 amide bonds. The zero-order chi connectivity index (χ0) is 15.1. The van der Waals surface area contributed by atoms with E-state index in [1.54, 1.807) is 23.5 Å². The monoisotopic (exact) mass is 304 g/mol. The van der Waals surface area contributed by atoms with Crippen LogP contribution in [0.2, 0.25) is 0 Å². The summed E-state index contributed by atoms with van der Waals surface area (Å²) < 4.78 is 0. The minimum atomic E-state index is -0.290. The van der Waals surface area contributed by atoms with Crippen LogP contribution < -0.4 is 11.1 Å². The van der Waals surface area contributed by atoms with E-state index in [9.17, 15) is 4.79 Å². The summed E-state index contributed by atoms with van der Waals surface area (Å²) in [4.78, 5) is 20.8. The fourth-order valence-corrected chi connectivity index (χ4v) is 2.21. The molecule has 3 N–H and O–H groups in total. The van der Waals surface area contributed by atoms with Crippen LogP contribution in [0.25, 0.3) is 0 Å². The van der Waals surface area contributed by atoms with Crippen LogP contribution in [0.15, 0.2) is 40.9 Å². The molecule has 7 heteroatoms. The second-order valence-corrected chi connectivity index (χ2v) is 5.37. The number of aryl methyl sites for hydroxylation is 1. The van der Waals surface area contributed by atoms with Crippen molar-refractivity contribution in [2.45, 2.75) is 13.3 Å². The van der Waals surface area contributed by atoms with Gasteiger partial charge in [0, 0.05) is 11.1 Å². The van der Waals surface area contributed by atoms with Crippen LogP contribution in [0, 0.1) is 6.92 Å². The molecule has 0 aliphatic rings. The summed E-state index contributed by atoms with van der Waals surface area (Å²) in [6.45, 7) is 1.73. The van der Waals surface area contributed by atoms with Crippen LogP contribution in [0.4, 0.5) is 5.69 Å². The maximum atomic E-state index is 11.6. The molecule has 2 rings (SSSR count). The number of anilines is 1. The number of oxime groups is 1. The lowest BCUT2D eigenvalue weighted by Gasteiger charge is -2.04. The van der Waals surface area contributed by atoms with Crippen molar-refractivity contribution in [3.05, 3.63) is 46.4 Å². The highest BCUT2D eigenvalue weighted by molar-refractivity contribution is 7.09. The van der Waals surface area contributed by atoms with Gasteiger partial charge in [0.15, 0.2) is 6.61 Å². The van der Waals surface area contributed by atoms with Crippen molar-refractivity contribution >= 4 is 28.8 Å².